The molecule has 19 heavy (non-hydrogen) atoms. The van der Waals surface area contributed by atoms with Crippen LogP contribution in [0.4, 0.5) is 4.39 Å². The van der Waals surface area contributed by atoms with Gasteiger partial charge in [0.05, 0.1) is 30.9 Å². The van der Waals surface area contributed by atoms with E-state index in [-0.39, 0.29) is 31.4 Å². The van der Waals surface area contributed by atoms with E-state index in [1.54, 1.807) is 0 Å². The number of nitrogens with zero attached hydrogens (tertiary/aromatic N) is 1. The fourth-order valence-corrected chi connectivity index (χ4v) is 3.81. The summed E-state index contributed by atoms with van der Waals surface area (Å²) in [7, 11) is -4.04. The summed E-state index contributed by atoms with van der Waals surface area (Å²) in [5.41, 5.74) is 0. The van der Waals surface area contributed by atoms with E-state index in [4.69, 9.17) is 16.3 Å². The van der Waals surface area contributed by atoms with Crippen molar-refractivity contribution in [3.05, 3.63) is 29.0 Å². The zero-order valence-electron chi connectivity index (χ0n) is 9.92. The predicted octanol–water partition coefficient (Wildman–Crippen LogP) is 0.861. The Hall–Kier alpha value is -0.730. The lowest BCUT2D eigenvalue weighted by molar-refractivity contribution is 0.0108. The summed E-state index contributed by atoms with van der Waals surface area (Å²) in [4.78, 5) is -0.486. The highest BCUT2D eigenvalue weighted by Gasteiger charge is 2.35. The van der Waals surface area contributed by atoms with E-state index < -0.39 is 26.8 Å². The molecule has 1 atom stereocenters. The van der Waals surface area contributed by atoms with Crippen molar-refractivity contribution in [2.75, 3.05) is 26.4 Å². The van der Waals surface area contributed by atoms with Crippen molar-refractivity contribution in [2.24, 2.45) is 0 Å². The van der Waals surface area contributed by atoms with Gasteiger partial charge in [-0.25, -0.2) is 12.8 Å². The molecule has 5 nitrogen and oxygen atoms in total. The number of halogens is 2. The summed E-state index contributed by atoms with van der Waals surface area (Å²) in [5, 5.41) is 8.93. The van der Waals surface area contributed by atoms with Gasteiger partial charge in [-0.05, 0) is 12.1 Å². The quantitative estimate of drug-likeness (QED) is 0.899. The zero-order chi connectivity index (χ0) is 14.0. The molecule has 1 aliphatic rings. The summed E-state index contributed by atoms with van der Waals surface area (Å²) >= 11 is 5.60. The monoisotopic (exact) mass is 309 g/mol. The second-order valence-corrected chi connectivity index (χ2v) is 6.35. The molecule has 8 heteroatoms. The van der Waals surface area contributed by atoms with Crippen molar-refractivity contribution in [1.82, 2.24) is 4.31 Å². The fraction of sp³-hybridized carbons (Fsp3) is 0.455. The molecule has 0 aliphatic carbocycles. The Morgan fingerprint density at radius 1 is 1.53 bits per heavy atom. The van der Waals surface area contributed by atoms with E-state index in [0.717, 1.165) is 10.4 Å². The lowest BCUT2D eigenvalue weighted by Gasteiger charge is -2.33. The number of rotatable bonds is 3. The van der Waals surface area contributed by atoms with Crippen LogP contribution in [0, 0.1) is 5.82 Å². The van der Waals surface area contributed by atoms with E-state index in [2.05, 4.69) is 0 Å². The number of aliphatic hydroxyl groups is 1. The van der Waals surface area contributed by atoms with Crippen LogP contribution < -0.4 is 0 Å². The highest BCUT2D eigenvalue weighted by molar-refractivity contribution is 7.89. The van der Waals surface area contributed by atoms with E-state index in [1.165, 1.54) is 12.1 Å². The van der Waals surface area contributed by atoms with Crippen LogP contribution in [-0.4, -0.2) is 50.2 Å². The smallest absolute Gasteiger partial charge is 0.246 e. The minimum absolute atomic E-state index is 0.0690. The molecule has 1 fully saturated rings. The average Bonchev–Trinajstić information content (AvgIpc) is 2.41. The minimum atomic E-state index is -4.04. The molecule has 1 unspecified atom stereocenters. The molecule has 1 aromatic carbocycles. The van der Waals surface area contributed by atoms with Gasteiger partial charge in [-0.15, -0.1) is 0 Å². The average molecular weight is 310 g/mol. The summed E-state index contributed by atoms with van der Waals surface area (Å²) < 4.78 is 44.8. The van der Waals surface area contributed by atoms with Crippen LogP contribution in [0.3, 0.4) is 0 Å². The second kappa shape index (κ2) is 5.72. The molecular weight excluding hydrogens is 297 g/mol. The molecule has 0 aromatic heterocycles. The minimum Gasteiger partial charge on any atom is -0.395 e. The second-order valence-electron chi connectivity index (χ2n) is 4.08. The molecule has 2 rings (SSSR count). The first-order valence-corrected chi connectivity index (χ1v) is 7.44. The highest BCUT2D eigenvalue weighted by atomic mass is 35.5. The van der Waals surface area contributed by atoms with Crippen LogP contribution in [0.5, 0.6) is 0 Å². The van der Waals surface area contributed by atoms with Crippen molar-refractivity contribution in [1.29, 1.82) is 0 Å². The van der Waals surface area contributed by atoms with Crippen molar-refractivity contribution < 1.29 is 22.7 Å². The van der Waals surface area contributed by atoms with Gasteiger partial charge >= 0.3 is 0 Å². The Morgan fingerprint density at radius 2 is 2.26 bits per heavy atom. The molecule has 0 amide bonds. The lowest BCUT2D eigenvalue weighted by Crippen LogP contribution is -2.50. The molecular formula is C11H13ClFNO4S. The number of hydrogen-bond acceptors (Lipinski definition) is 4. The maximum Gasteiger partial charge on any atom is 0.246 e. The number of aliphatic hydroxyl groups excluding tert-OH is 1. The van der Waals surface area contributed by atoms with Crippen LogP contribution >= 0.6 is 11.6 Å². The fourth-order valence-electron chi connectivity index (χ4n) is 1.91. The number of ether oxygens (including phenoxy) is 1. The number of hydrogen-bond donors (Lipinski definition) is 1. The molecule has 0 bridgehead atoms. The van der Waals surface area contributed by atoms with Gasteiger partial charge in [0.15, 0.2) is 5.82 Å². The molecule has 1 aromatic rings. The van der Waals surface area contributed by atoms with Crippen molar-refractivity contribution >= 4 is 21.6 Å². The third-order valence-electron chi connectivity index (χ3n) is 2.89. The molecule has 1 saturated heterocycles. The molecule has 1 N–H and O–H groups in total. The Morgan fingerprint density at radius 3 is 2.95 bits per heavy atom. The van der Waals surface area contributed by atoms with Crippen LogP contribution in [0.2, 0.25) is 5.02 Å². The van der Waals surface area contributed by atoms with Gasteiger partial charge in [0.25, 0.3) is 0 Å². The van der Waals surface area contributed by atoms with Crippen LogP contribution in [-0.2, 0) is 14.8 Å². The van der Waals surface area contributed by atoms with Crippen LogP contribution in [0.25, 0.3) is 0 Å². The van der Waals surface area contributed by atoms with E-state index >= 15 is 0 Å². The molecule has 0 spiro atoms. The third kappa shape index (κ3) is 2.75. The van der Waals surface area contributed by atoms with Gasteiger partial charge in [0.1, 0.15) is 4.90 Å². The number of morpholine rings is 1. The van der Waals surface area contributed by atoms with Gasteiger partial charge in [-0.3, -0.25) is 0 Å². The lowest BCUT2D eigenvalue weighted by atomic mass is 10.3. The van der Waals surface area contributed by atoms with Crippen molar-refractivity contribution in [3.8, 4) is 0 Å². The van der Waals surface area contributed by atoms with Gasteiger partial charge in [-0.1, -0.05) is 17.7 Å². The first-order valence-electron chi connectivity index (χ1n) is 5.63. The van der Waals surface area contributed by atoms with E-state index in [0.29, 0.717) is 0 Å². The van der Waals surface area contributed by atoms with Crippen molar-refractivity contribution in [3.63, 3.8) is 0 Å². The van der Waals surface area contributed by atoms with Crippen LogP contribution in [0.15, 0.2) is 23.1 Å². The molecule has 106 valence electrons. The Labute approximate surface area is 115 Å². The third-order valence-corrected chi connectivity index (χ3v) is 5.15. The predicted molar refractivity (Wildman–Crippen MR) is 67.0 cm³/mol. The maximum atomic E-state index is 13.9. The van der Waals surface area contributed by atoms with Gasteiger partial charge in [0.2, 0.25) is 10.0 Å². The maximum absolute atomic E-state index is 13.9. The largest absolute Gasteiger partial charge is 0.395 e. The zero-order valence-corrected chi connectivity index (χ0v) is 11.5. The highest BCUT2D eigenvalue weighted by Crippen LogP contribution is 2.26. The normalized spacial score (nSPS) is 21.5. The van der Waals surface area contributed by atoms with Crippen molar-refractivity contribution in [2.45, 2.75) is 10.9 Å². The SMILES string of the molecule is O=S(=O)(c1cccc(Cl)c1F)N1CCOCC1CO. The first-order chi connectivity index (χ1) is 8.98. The summed E-state index contributed by atoms with van der Waals surface area (Å²) in [5.74, 6) is -0.979. The summed E-state index contributed by atoms with van der Waals surface area (Å²) in [6.45, 7) is -0.0310. The molecule has 1 aliphatic heterocycles. The molecule has 0 radical (unpaired) electrons. The number of benzene rings is 1. The molecule has 1 heterocycles. The Kier molecular flexibility index (Phi) is 4.42. The van der Waals surface area contributed by atoms with E-state index in [1.807, 2.05) is 0 Å². The van der Waals surface area contributed by atoms with Gasteiger partial charge < -0.3 is 9.84 Å². The van der Waals surface area contributed by atoms with Crippen LogP contribution in [0.1, 0.15) is 0 Å². The summed E-state index contributed by atoms with van der Waals surface area (Å²) in [6.07, 6.45) is 0. The Balaban J connectivity index is 2.44. The van der Waals surface area contributed by atoms with E-state index in [9.17, 15) is 17.9 Å². The summed E-state index contributed by atoms with van der Waals surface area (Å²) in [6, 6.07) is 3.09. The topological polar surface area (TPSA) is 66.8 Å². The van der Waals surface area contributed by atoms with Gasteiger partial charge in [0, 0.05) is 6.54 Å². The Bertz CT molecular complexity index is 566. The molecule has 0 saturated carbocycles. The number of sulfonamides is 1. The van der Waals surface area contributed by atoms with Gasteiger partial charge in [-0.2, -0.15) is 4.31 Å². The standard InChI is InChI=1S/C11H13ClFNO4S/c12-9-2-1-3-10(11(9)13)19(16,17)14-4-5-18-7-8(14)6-15/h1-3,8,15H,4-7H2. The first kappa shape index (κ1) is 14.7.